The van der Waals surface area contributed by atoms with E-state index in [2.05, 4.69) is 12.2 Å². The lowest BCUT2D eigenvalue weighted by atomic mass is 9.94. The highest BCUT2D eigenvalue weighted by atomic mass is 32.1. The van der Waals surface area contributed by atoms with Gasteiger partial charge in [-0.3, -0.25) is 9.59 Å². The molecule has 6 heteroatoms. The summed E-state index contributed by atoms with van der Waals surface area (Å²) >= 11 is 1.35. The minimum atomic E-state index is -0.759. The number of hydrogen-bond acceptors (Lipinski definition) is 4. The van der Waals surface area contributed by atoms with Crippen molar-refractivity contribution in [3.05, 3.63) is 16.3 Å². The molecule has 0 saturated carbocycles. The lowest BCUT2D eigenvalue weighted by Gasteiger charge is -2.15. The van der Waals surface area contributed by atoms with Crippen molar-refractivity contribution < 1.29 is 19.4 Å². The second-order valence-electron chi connectivity index (χ2n) is 4.98. The van der Waals surface area contributed by atoms with Gasteiger partial charge < -0.3 is 15.2 Å². The van der Waals surface area contributed by atoms with E-state index < -0.39 is 5.97 Å². The molecule has 0 fully saturated rings. The maximum absolute atomic E-state index is 11.9. The van der Waals surface area contributed by atoms with E-state index in [-0.39, 0.29) is 12.3 Å². The molecule has 1 amide bonds. The Bertz CT molecular complexity index is 458. The van der Waals surface area contributed by atoms with E-state index in [1.165, 1.54) is 11.3 Å². The molecular formula is C15H23NO4S. The molecule has 1 aromatic heterocycles. The molecule has 1 heterocycles. The molecule has 0 aliphatic carbocycles. The van der Waals surface area contributed by atoms with E-state index >= 15 is 0 Å². The average molecular weight is 313 g/mol. The molecule has 21 heavy (non-hydrogen) atoms. The van der Waals surface area contributed by atoms with E-state index in [0.717, 1.165) is 19.3 Å². The highest BCUT2D eigenvalue weighted by molar-refractivity contribution is 7.12. The molecule has 1 aromatic rings. The summed E-state index contributed by atoms with van der Waals surface area (Å²) in [5, 5.41) is 13.4. The Kier molecular flexibility index (Phi) is 7.82. The SMILES string of the molecule is CCCC(CCNC(=O)c1cc(OC)cs1)CCC(=O)O. The van der Waals surface area contributed by atoms with E-state index in [0.29, 0.717) is 29.5 Å². The van der Waals surface area contributed by atoms with Crippen molar-refractivity contribution in [1.82, 2.24) is 5.32 Å². The highest BCUT2D eigenvalue weighted by Crippen LogP contribution is 2.21. The third-order valence-electron chi connectivity index (χ3n) is 3.34. The number of ether oxygens (including phenoxy) is 1. The van der Waals surface area contributed by atoms with Gasteiger partial charge in [-0.2, -0.15) is 0 Å². The quantitative estimate of drug-likeness (QED) is 0.695. The standard InChI is InChI=1S/C15H23NO4S/c1-3-4-11(5-6-14(17)18)7-8-16-15(19)13-9-12(20-2)10-21-13/h9-11H,3-8H2,1-2H3,(H,16,19)(H,17,18). The Hall–Kier alpha value is -1.56. The fraction of sp³-hybridized carbons (Fsp3) is 0.600. The second kappa shape index (κ2) is 9.39. The van der Waals surface area contributed by atoms with Crippen LogP contribution in [0.2, 0.25) is 0 Å². The van der Waals surface area contributed by atoms with E-state index in [1.54, 1.807) is 18.6 Å². The number of carbonyl (C=O) groups excluding carboxylic acids is 1. The number of thiophene rings is 1. The summed E-state index contributed by atoms with van der Waals surface area (Å²) in [5.74, 6) is 0.183. The third-order valence-corrected chi connectivity index (χ3v) is 4.24. The Balaban J connectivity index is 2.34. The van der Waals surface area contributed by atoms with Gasteiger partial charge in [-0.25, -0.2) is 0 Å². The van der Waals surface area contributed by atoms with Crippen LogP contribution in [0.4, 0.5) is 0 Å². The number of nitrogens with one attached hydrogen (secondary N) is 1. The highest BCUT2D eigenvalue weighted by Gasteiger charge is 2.12. The number of carboxylic acid groups (broad SMARTS) is 1. The van der Waals surface area contributed by atoms with Gasteiger partial charge in [0.05, 0.1) is 12.0 Å². The number of amides is 1. The number of hydrogen-bond donors (Lipinski definition) is 2. The van der Waals surface area contributed by atoms with Crippen molar-refractivity contribution >= 4 is 23.2 Å². The van der Waals surface area contributed by atoms with Gasteiger partial charge in [0.15, 0.2) is 0 Å². The largest absolute Gasteiger partial charge is 0.496 e. The minimum Gasteiger partial charge on any atom is -0.496 e. The summed E-state index contributed by atoms with van der Waals surface area (Å²) in [7, 11) is 1.57. The lowest BCUT2D eigenvalue weighted by Crippen LogP contribution is -2.25. The molecule has 0 bridgehead atoms. The Morgan fingerprint density at radius 2 is 2.14 bits per heavy atom. The topological polar surface area (TPSA) is 75.6 Å². The second-order valence-corrected chi connectivity index (χ2v) is 5.89. The molecule has 118 valence electrons. The first-order chi connectivity index (χ1) is 10.1. The maximum Gasteiger partial charge on any atom is 0.303 e. The van der Waals surface area contributed by atoms with Gasteiger partial charge in [0.2, 0.25) is 0 Å². The lowest BCUT2D eigenvalue weighted by molar-refractivity contribution is -0.137. The van der Waals surface area contributed by atoms with Crippen molar-refractivity contribution in [2.24, 2.45) is 5.92 Å². The predicted octanol–water partition coefficient (Wildman–Crippen LogP) is 3.16. The van der Waals surface area contributed by atoms with E-state index in [4.69, 9.17) is 9.84 Å². The van der Waals surface area contributed by atoms with Crippen molar-refractivity contribution in [3.63, 3.8) is 0 Å². The molecule has 5 nitrogen and oxygen atoms in total. The van der Waals surface area contributed by atoms with Crippen LogP contribution in [-0.4, -0.2) is 30.6 Å². The molecule has 2 N–H and O–H groups in total. The average Bonchev–Trinajstić information content (AvgIpc) is 2.93. The van der Waals surface area contributed by atoms with Crippen LogP contribution in [0.5, 0.6) is 5.75 Å². The van der Waals surface area contributed by atoms with Gasteiger partial charge in [-0.05, 0) is 18.8 Å². The first-order valence-electron chi connectivity index (χ1n) is 7.19. The van der Waals surface area contributed by atoms with Crippen LogP contribution in [0.25, 0.3) is 0 Å². The summed E-state index contributed by atoms with van der Waals surface area (Å²) < 4.78 is 5.05. The molecule has 0 aliphatic rings. The van der Waals surface area contributed by atoms with Crippen LogP contribution in [0.1, 0.15) is 48.7 Å². The van der Waals surface area contributed by atoms with Crippen molar-refractivity contribution in [1.29, 1.82) is 0 Å². The first kappa shape index (κ1) is 17.5. The molecular weight excluding hydrogens is 290 g/mol. The molecule has 1 unspecified atom stereocenters. The van der Waals surface area contributed by atoms with Gasteiger partial charge in [0, 0.05) is 24.4 Å². The fourth-order valence-electron chi connectivity index (χ4n) is 2.19. The number of aliphatic carboxylic acids is 1. The molecule has 0 spiro atoms. The third kappa shape index (κ3) is 6.62. The maximum atomic E-state index is 11.9. The summed E-state index contributed by atoms with van der Waals surface area (Å²) in [6.45, 7) is 2.66. The minimum absolute atomic E-state index is 0.100. The van der Waals surface area contributed by atoms with Crippen LogP contribution < -0.4 is 10.1 Å². The van der Waals surface area contributed by atoms with Crippen LogP contribution in [0.15, 0.2) is 11.4 Å². The number of rotatable bonds is 10. The summed E-state index contributed by atoms with van der Waals surface area (Å²) in [6, 6.07) is 1.72. The molecule has 0 saturated heterocycles. The van der Waals surface area contributed by atoms with Gasteiger partial charge in [-0.1, -0.05) is 19.8 Å². The van der Waals surface area contributed by atoms with E-state index in [1.807, 2.05) is 0 Å². The van der Waals surface area contributed by atoms with E-state index in [9.17, 15) is 9.59 Å². The monoisotopic (exact) mass is 313 g/mol. The van der Waals surface area contributed by atoms with Crippen molar-refractivity contribution in [2.75, 3.05) is 13.7 Å². The summed E-state index contributed by atoms with van der Waals surface area (Å²) in [4.78, 5) is 23.2. The van der Waals surface area contributed by atoms with Gasteiger partial charge in [0.1, 0.15) is 5.75 Å². The molecule has 0 aliphatic heterocycles. The smallest absolute Gasteiger partial charge is 0.303 e. The first-order valence-corrected chi connectivity index (χ1v) is 8.07. The zero-order chi connectivity index (χ0) is 15.7. The van der Waals surface area contributed by atoms with Crippen LogP contribution >= 0.6 is 11.3 Å². The Morgan fingerprint density at radius 1 is 1.38 bits per heavy atom. The van der Waals surface area contributed by atoms with Gasteiger partial charge in [0.25, 0.3) is 5.91 Å². The summed E-state index contributed by atoms with van der Waals surface area (Å²) in [5.41, 5.74) is 0. The Labute approximate surface area is 129 Å². The van der Waals surface area contributed by atoms with Crippen LogP contribution in [0.3, 0.4) is 0 Å². The normalized spacial score (nSPS) is 11.9. The molecule has 0 aromatic carbocycles. The molecule has 1 atom stereocenters. The fourth-order valence-corrected chi connectivity index (χ4v) is 2.96. The van der Waals surface area contributed by atoms with Crippen LogP contribution in [-0.2, 0) is 4.79 Å². The van der Waals surface area contributed by atoms with Crippen molar-refractivity contribution in [2.45, 2.75) is 39.0 Å². The zero-order valence-corrected chi connectivity index (χ0v) is 13.4. The summed E-state index contributed by atoms with van der Waals surface area (Å²) in [6.07, 6.45) is 3.71. The van der Waals surface area contributed by atoms with Crippen molar-refractivity contribution in [3.8, 4) is 5.75 Å². The number of carboxylic acids is 1. The number of methoxy groups -OCH3 is 1. The van der Waals surface area contributed by atoms with Crippen LogP contribution in [0, 0.1) is 5.92 Å². The van der Waals surface area contributed by atoms with Gasteiger partial charge in [-0.15, -0.1) is 11.3 Å². The zero-order valence-electron chi connectivity index (χ0n) is 12.6. The van der Waals surface area contributed by atoms with Gasteiger partial charge >= 0.3 is 5.97 Å². The predicted molar refractivity (Wildman–Crippen MR) is 83.1 cm³/mol. The molecule has 0 radical (unpaired) electrons. The molecule has 1 rings (SSSR count). The Morgan fingerprint density at radius 3 is 2.71 bits per heavy atom. The number of carbonyl (C=O) groups is 2.